The van der Waals surface area contributed by atoms with E-state index in [1.54, 1.807) is 24.3 Å². The fourth-order valence-electron chi connectivity index (χ4n) is 5.02. The number of carbonyl (C=O) groups excluding carboxylic acids is 2. The third-order valence-corrected chi connectivity index (χ3v) is 6.61. The summed E-state index contributed by atoms with van der Waals surface area (Å²) in [4.78, 5) is 26.7. The third-order valence-electron chi connectivity index (χ3n) is 6.61. The highest BCUT2D eigenvalue weighted by molar-refractivity contribution is 6.21. The molecule has 6 heteroatoms. The maximum atomic E-state index is 12.7. The zero-order valence-corrected chi connectivity index (χ0v) is 20.5. The Kier molecular flexibility index (Phi) is 6.58. The molecule has 4 aromatic rings. The SMILES string of the molecule is Cc1cc(C)c(C[n+]2cn(CCCN3C(=O)c4ccccc4C3=O)c3ccccc32)c(C)c1.[Cl-]. The summed E-state index contributed by atoms with van der Waals surface area (Å²) in [6.45, 7) is 8.44. The molecule has 2 heterocycles. The van der Waals surface area contributed by atoms with E-state index in [-0.39, 0.29) is 24.2 Å². The van der Waals surface area contributed by atoms with Crippen molar-refractivity contribution in [2.24, 2.45) is 0 Å². The van der Waals surface area contributed by atoms with E-state index in [1.165, 1.54) is 32.7 Å². The van der Waals surface area contributed by atoms with Gasteiger partial charge in [-0.25, -0.2) is 9.13 Å². The van der Waals surface area contributed by atoms with Crippen LogP contribution >= 0.6 is 0 Å². The number of para-hydroxylation sites is 2. The van der Waals surface area contributed by atoms with Gasteiger partial charge in [-0.3, -0.25) is 14.5 Å². The number of imide groups is 1. The second-order valence-electron chi connectivity index (χ2n) is 8.96. The van der Waals surface area contributed by atoms with Gasteiger partial charge in [0.2, 0.25) is 6.33 Å². The van der Waals surface area contributed by atoms with Crippen LogP contribution in [-0.2, 0) is 13.1 Å². The van der Waals surface area contributed by atoms with Gasteiger partial charge in [0.1, 0.15) is 6.54 Å². The molecule has 0 unspecified atom stereocenters. The third kappa shape index (κ3) is 4.12. The maximum absolute atomic E-state index is 12.7. The van der Waals surface area contributed by atoms with Crippen LogP contribution in [0.1, 0.15) is 49.4 Å². The molecule has 0 radical (unpaired) electrons. The molecule has 5 rings (SSSR count). The zero-order valence-electron chi connectivity index (χ0n) is 19.7. The van der Waals surface area contributed by atoms with Crippen molar-refractivity contribution in [3.8, 4) is 0 Å². The lowest BCUT2D eigenvalue weighted by Gasteiger charge is -2.12. The van der Waals surface area contributed by atoms with E-state index < -0.39 is 0 Å². The van der Waals surface area contributed by atoms with Crippen molar-refractivity contribution in [2.45, 2.75) is 40.3 Å². The number of aromatic nitrogens is 2. The quantitative estimate of drug-likeness (QED) is 0.315. The summed E-state index contributed by atoms with van der Waals surface area (Å²) in [5.74, 6) is -0.373. The van der Waals surface area contributed by atoms with Crippen molar-refractivity contribution >= 4 is 22.8 Å². The molecule has 0 aliphatic carbocycles. The summed E-state index contributed by atoms with van der Waals surface area (Å²) >= 11 is 0. The number of aryl methyl sites for hydroxylation is 4. The minimum absolute atomic E-state index is 0. The number of imidazole rings is 1. The number of fused-ring (bicyclic) bond motifs is 2. The topological polar surface area (TPSA) is 46.2 Å². The molecule has 0 bridgehead atoms. The molecule has 0 spiro atoms. The predicted octanol–water partition coefficient (Wildman–Crippen LogP) is 1.59. The number of amides is 2. The molecular formula is C28H28ClN3O2. The number of hydrogen-bond donors (Lipinski definition) is 0. The predicted molar refractivity (Wildman–Crippen MR) is 128 cm³/mol. The summed E-state index contributed by atoms with van der Waals surface area (Å²) in [7, 11) is 0. The van der Waals surface area contributed by atoms with Crippen molar-refractivity contribution in [3.63, 3.8) is 0 Å². The number of hydrogen-bond acceptors (Lipinski definition) is 2. The highest BCUT2D eigenvalue weighted by Gasteiger charge is 2.34. The molecule has 1 aliphatic heterocycles. The van der Waals surface area contributed by atoms with Crippen LogP contribution in [0, 0.1) is 20.8 Å². The molecule has 174 valence electrons. The van der Waals surface area contributed by atoms with Gasteiger partial charge in [-0.05, 0) is 61.7 Å². The van der Waals surface area contributed by atoms with E-state index in [0.717, 1.165) is 18.6 Å². The molecule has 0 fully saturated rings. The lowest BCUT2D eigenvalue weighted by atomic mass is 10.00. The fourth-order valence-corrected chi connectivity index (χ4v) is 5.02. The van der Waals surface area contributed by atoms with Gasteiger partial charge < -0.3 is 12.4 Å². The first kappa shape index (κ1) is 23.7. The van der Waals surface area contributed by atoms with Crippen molar-refractivity contribution in [3.05, 3.63) is 100 Å². The second-order valence-corrected chi connectivity index (χ2v) is 8.96. The highest BCUT2D eigenvalue weighted by Crippen LogP contribution is 2.23. The summed E-state index contributed by atoms with van der Waals surface area (Å²) in [5, 5.41) is 0. The van der Waals surface area contributed by atoms with Crippen LogP contribution in [0.15, 0.2) is 67.0 Å². The highest BCUT2D eigenvalue weighted by atomic mass is 35.5. The monoisotopic (exact) mass is 473 g/mol. The van der Waals surface area contributed by atoms with Gasteiger partial charge in [-0.15, -0.1) is 0 Å². The van der Waals surface area contributed by atoms with Gasteiger partial charge in [0.05, 0.1) is 17.7 Å². The lowest BCUT2D eigenvalue weighted by Crippen LogP contribution is -3.00. The molecular weight excluding hydrogens is 446 g/mol. The summed E-state index contributed by atoms with van der Waals surface area (Å²) in [5.41, 5.74) is 8.60. The van der Waals surface area contributed by atoms with Gasteiger partial charge in [0.15, 0.2) is 11.0 Å². The molecule has 0 saturated carbocycles. The first-order valence-electron chi connectivity index (χ1n) is 11.4. The standard InChI is InChI=1S/C28H28N3O2.ClH/c1-19-15-20(2)24(21(3)16-19)17-30-18-29(25-11-6-7-12-26(25)30)13-8-14-31-27(32)22-9-4-5-10-23(22)28(31)33;/h4-7,9-12,15-16,18H,8,13-14,17H2,1-3H3;1H/q+1;/p-1. The Morgan fingerprint density at radius 2 is 1.38 bits per heavy atom. The molecule has 2 amide bonds. The molecule has 0 N–H and O–H groups in total. The Balaban J connectivity index is 0.00000274. The zero-order chi connectivity index (χ0) is 23.1. The normalized spacial score (nSPS) is 12.9. The Bertz CT molecular complexity index is 1350. The first-order chi connectivity index (χ1) is 15.9. The number of nitrogens with zero attached hydrogens (tertiary/aromatic N) is 3. The van der Waals surface area contributed by atoms with E-state index in [4.69, 9.17) is 0 Å². The Labute approximate surface area is 206 Å². The Hall–Kier alpha value is -3.44. The van der Waals surface area contributed by atoms with Gasteiger partial charge >= 0.3 is 0 Å². The summed E-state index contributed by atoms with van der Waals surface area (Å²) < 4.78 is 4.52. The smallest absolute Gasteiger partial charge is 0.261 e. The van der Waals surface area contributed by atoms with E-state index >= 15 is 0 Å². The van der Waals surface area contributed by atoms with Crippen LogP contribution in [0.25, 0.3) is 11.0 Å². The molecule has 0 saturated heterocycles. The molecule has 34 heavy (non-hydrogen) atoms. The van der Waals surface area contributed by atoms with E-state index in [1.807, 2.05) is 0 Å². The molecule has 3 aromatic carbocycles. The van der Waals surface area contributed by atoms with Crippen LogP contribution in [0.3, 0.4) is 0 Å². The Morgan fingerprint density at radius 1 is 0.794 bits per heavy atom. The molecule has 5 nitrogen and oxygen atoms in total. The number of benzene rings is 3. The summed E-state index contributed by atoms with van der Waals surface area (Å²) in [6, 6.07) is 19.9. The number of carbonyl (C=O) groups is 2. The Morgan fingerprint density at radius 3 is 2.03 bits per heavy atom. The van der Waals surface area contributed by atoms with Gasteiger partial charge in [0, 0.05) is 13.0 Å². The van der Waals surface area contributed by atoms with Crippen molar-refractivity contribution in [1.29, 1.82) is 0 Å². The molecule has 1 aromatic heterocycles. The second kappa shape index (κ2) is 9.43. The van der Waals surface area contributed by atoms with Crippen LogP contribution < -0.4 is 17.0 Å². The van der Waals surface area contributed by atoms with E-state index in [0.29, 0.717) is 24.1 Å². The van der Waals surface area contributed by atoms with Crippen molar-refractivity contribution in [2.75, 3.05) is 6.54 Å². The first-order valence-corrected chi connectivity index (χ1v) is 11.4. The van der Waals surface area contributed by atoms with Crippen molar-refractivity contribution < 1.29 is 26.6 Å². The van der Waals surface area contributed by atoms with Crippen LogP contribution in [0.5, 0.6) is 0 Å². The average Bonchev–Trinajstić information content (AvgIpc) is 3.27. The summed E-state index contributed by atoms with van der Waals surface area (Å²) in [6.07, 6.45) is 2.86. The van der Waals surface area contributed by atoms with Crippen LogP contribution in [0.2, 0.25) is 0 Å². The van der Waals surface area contributed by atoms with Crippen LogP contribution in [0.4, 0.5) is 0 Å². The van der Waals surface area contributed by atoms with Gasteiger partial charge in [-0.2, -0.15) is 0 Å². The fraction of sp³-hybridized carbons (Fsp3) is 0.250. The van der Waals surface area contributed by atoms with Crippen molar-refractivity contribution in [1.82, 2.24) is 9.47 Å². The minimum atomic E-state index is -0.187. The largest absolute Gasteiger partial charge is 1.00 e. The van der Waals surface area contributed by atoms with Gasteiger partial charge in [0.25, 0.3) is 11.8 Å². The molecule has 0 atom stereocenters. The molecule has 1 aliphatic rings. The number of rotatable bonds is 6. The van der Waals surface area contributed by atoms with E-state index in [2.05, 4.69) is 72.6 Å². The van der Waals surface area contributed by atoms with Crippen LogP contribution in [-0.4, -0.2) is 27.8 Å². The van der Waals surface area contributed by atoms with E-state index in [9.17, 15) is 9.59 Å². The maximum Gasteiger partial charge on any atom is 0.261 e. The average molecular weight is 474 g/mol. The van der Waals surface area contributed by atoms with Gasteiger partial charge in [-0.1, -0.05) is 42.0 Å². The minimum Gasteiger partial charge on any atom is -1.00 e. The lowest BCUT2D eigenvalue weighted by molar-refractivity contribution is -0.663. The number of halogens is 1.